The molecule has 5 heteroatoms. The molecule has 1 aromatic heterocycles. The van der Waals surface area contributed by atoms with Gasteiger partial charge in [-0.2, -0.15) is 0 Å². The first kappa shape index (κ1) is 12.6. The molecule has 0 aromatic carbocycles. The van der Waals surface area contributed by atoms with E-state index in [1.165, 1.54) is 12.8 Å². The lowest BCUT2D eigenvalue weighted by Gasteiger charge is -2.26. The smallest absolute Gasteiger partial charge is 0.183 e. The molecule has 90 valence electrons. The molecule has 3 nitrogen and oxygen atoms in total. The molecule has 0 aliphatic heterocycles. The molecule has 3 N–H and O–H groups in total. The van der Waals surface area contributed by atoms with E-state index < -0.39 is 0 Å². The van der Waals surface area contributed by atoms with Gasteiger partial charge in [-0.25, -0.2) is 0 Å². The average Bonchev–Trinajstić information content (AvgIpc) is 2.58. The van der Waals surface area contributed by atoms with E-state index in [-0.39, 0.29) is 0 Å². The van der Waals surface area contributed by atoms with Crippen LogP contribution in [0.5, 0.6) is 0 Å². The Morgan fingerprint density at radius 3 is 2.56 bits per heavy atom. The molecule has 0 radical (unpaired) electrons. The number of hydrogen-bond acceptors (Lipinski definition) is 3. The second-order valence-corrected chi connectivity index (χ2v) is 5.90. The third-order valence-electron chi connectivity index (χ3n) is 3.03. The van der Waals surface area contributed by atoms with E-state index in [2.05, 4.69) is 37.2 Å². The lowest BCUT2D eigenvalue weighted by Crippen LogP contribution is -2.36. The average molecular weight is 352 g/mol. The lowest BCUT2D eigenvalue weighted by molar-refractivity contribution is 0.330. The van der Waals surface area contributed by atoms with Crippen LogP contribution in [0.25, 0.3) is 0 Å². The zero-order valence-electron chi connectivity index (χ0n) is 9.01. The molecule has 0 amide bonds. The van der Waals surface area contributed by atoms with Crippen molar-refractivity contribution in [3.63, 3.8) is 0 Å². The van der Waals surface area contributed by atoms with Gasteiger partial charge in [-0.1, -0.05) is 0 Å². The zero-order chi connectivity index (χ0) is 11.5. The van der Waals surface area contributed by atoms with Crippen molar-refractivity contribution in [3.8, 4) is 0 Å². The van der Waals surface area contributed by atoms with Gasteiger partial charge in [0.2, 0.25) is 0 Å². The molecule has 0 bridgehead atoms. The topological polar surface area (TPSA) is 51.2 Å². The highest BCUT2D eigenvalue weighted by Gasteiger charge is 2.18. The van der Waals surface area contributed by atoms with E-state index >= 15 is 0 Å². The second kappa shape index (κ2) is 5.67. The van der Waals surface area contributed by atoms with E-state index in [1.54, 1.807) is 0 Å². The monoisotopic (exact) mass is 350 g/mol. The Kier molecular flexibility index (Phi) is 4.47. The van der Waals surface area contributed by atoms with Crippen LogP contribution in [0.2, 0.25) is 0 Å². The number of hydrogen-bond donors (Lipinski definition) is 2. The first-order valence-corrected chi connectivity index (χ1v) is 7.16. The van der Waals surface area contributed by atoms with E-state index in [9.17, 15) is 0 Å². The van der Waals surface area contributed by atoms with E-state index in [0.29, 0.717) is 12.1 Å². The second-order valence-electron chi connectivity index (χ2n) is 4.33. The van der Waals surface area contributed by atoms with Crippen LogP contribution in [0.15, 0.2) is 19.6 Å². The van der Waals surface area contributed by atoms with Gasteiger partial charge in [0.25, 0.3) is 0 Å². The molecule has 0 atom stereocenters. The van der Waals surface area contributed by atoms with Gasteiger partial charge in [0, 0.05) is 12.1 Å². The molecule has 1 heterocycles. The summed E-state index contributed by atoms with van der Waals surface area (Å²) in [5, 5.41) is 3.51. The maximum absolute atomic E-state index is 5.87. The van der Waals surface area contributed by atoms with Crippen LogP contribution in [0.3, 0.4) is 0 Å². The van der Waals surface area contributed by atoms with Crippen LogP contribution < -0.4 is 11.1 Å². The fourth-order valence-electron chi connectivity index (χ4n) is 2.05. The van der Waals surface area contributed by atoms with Gasteiger partial charge in [0.15, 0.2) is 4.67 Å². The van der Waals surface area contributed by atoms with Gasteiger partial charge >= 0.3 is 0 Å². The van der Waals surface area contributed by atoms with Crippen LogP contribution in [0.1, 0.15) is 31.4 Å². The highest BCUT2D eigenvalue weighted by molar-refractivity contribution is 9.13. The van der Waals surface area contributed by atoms with Crippen molar-refractivity contribution >= 4 is 31.9 Å². The predicted octanol–water partition coefficient (Wildman–Crippen LogP) is 3.16. The van der Waals surface area contributed by atoms with Crippen LogP contribution in [-0.2, 0) is 6.54 Å². The number of nitrogens with one attached hydrogen (secondary N) is 1. The van der Waals surface area contributed by atoms with E-state index in [0.717, 1.165) is 34.3 Å². The molecule has 1 aliphatic rings. The summed E-state index contributed by atoms with van der Waals surface area (Å²) < 4.78 is 7.24. The quantitative estimate of drug-likeness (QED) is 0.879. The SMILES string of the molecule is NC1CCC(NCc2cc(Br)c(Br)o2)CC1. The van der Waals surface area contributed by atoms with Crippen molar-refractivity contribution in [2.24, 2.45) is 5.73 Å². The van der Waals surface area contributed by atoms with Gasteiger partial charge in [-0.3, -0.25) is 0 Å². The predicted molar refractivity (Wildman–Crippen MR) is 71.2 cm³/mol. The molecule has 1 saturated carbocycles. The summed E-state index contributed by atoms with van der Waals surface area (Å²) >= 11 is 6.74. The molecular formula is C11H16Br2N2O. The standard InChI is InChI=1S/C11H16Br2N2O/c12-10-5-9(16-11(10)13)6-15-8-3-1-7(14)2-4-8/h5,7-8,15H,1-4,6,14H2. The summed E-state index contributed by atoms with van der Waals surface area (Å²) in [4.78, 5) is 0. The fraction of sp³-hybridized carbons (Fsp3) is 0.636. The molecular weight excluding hydrogens is 336 g/mol. The van der Waals surface area contributed by atoms with Crippen LogP contribution >= 0.6 is 31.9 Å². The lowest BCUT2D eigenvalue weighted by atomic mass is 9.92. The molecule has 1 aromatic rings. The maximum Gasteiger partial charge on any atom is 0.183 e. The summed E-state index contributed by atoms with van der Waals surface area (Å²) in [7, 11) is 0. The Bertz CT molecular complexity index is 326. The van der Waals surface area contributed by atoms with Crippen LogP contribution in [0, 0.1) is 0 Å². The van der Waals surface area contributed by atoms with Gasteiger partial charge < -0.3 is 15.5 Å². The third kappa shape index (κ3) is 3.32. The largest absolute Gasteiger partial charge is 0.452 e. The first-order valence-electron chi connectivity index (χ1n) is 5.58. The maximum atomic E-state index is 5.87. The molecule has 2 rings (SSSR count). The van der Waals surface area contributed by atoms with Crippen LogP contribution in [-0.4, -0.2) is 12.1 Å². The van der Waals surface area contributed by atoms with Crippen molar-refractivity contribution in [1.29, 1.82) is 0 Å². The minimum atomic E-state index is 0.407. The van der Waals surface area contributed by atoms with E-state index in [1.807, 2.05) is 6.07 Å². The summed E-state index contributed by atoms with van der Waals surface area (Å²) in [6.07, 6.45) is 4.60. The molecule has 0 spiro atoms. The van der Waals surface area contributed by atoms with Crippen molar-refractivity contribution in [3.05, 3.63) is 21.0 Å². The minimum absolute atomic E-state index is 0.407. The Balaban J connectivity index is 1.79. The summed E-state index contributed by atoms with van der Waals surface area (Å²) in [6.45, 7) is 0.782. The summed E-state index contributed by atoms with van der Waals surface area (Å²) in [6, 6.07) is 2.98. The number of halogens is 2. The Hall–Kier alpha value is 0.160. The molecule has 1 aliphatic carbocycles. The van der Waals surface area contributed by atoms with Crippen molar-refractivity contribution in [2.45, 2.75) is 44.3 Å². The zero-order valence-corrected chi connectivity index (χ0v) is 12.2. The summed E-state index contributed by atoms with van der Waals surface area (Å²) in [5.41, 5.74) is 5.87. The fourth-order valence-corrected chi connectivity index (χ4v) is 2.71. The van der Waals surface area contributed by atoms with Crippen LogP contribution in [0.4, 0.5) is 0 Å². The van der Waals surface area contributed by atoms with Gasteiger partial charge in [-0.05, 0) is 63.6 Å². The van der Waals surface area contributed by atoms with Gasteiger partial charge in [0.05, 0.1) is 11.0 Å². The third-order valence-corrected chi connectivity index (χ3v) is 4.74. The van der Waals surface area contributed by atoms with Crippen molar-refractivity contribution < 1.29 is 4.42 Å². The minimum Gasteiger partial charge on any atom is -0.452 e. The normalized spacial score (nSPS) is 25.9. The van der Waals surface area contributed by atoms with Crippen molar-refractivity contribution in [1.82, 2.24) is 5.32 Å². The van der Waals surface area contributed by atoms with Gasteiger partial charge in [-0.15, -0.1) is 0 Å². The number of rotatable bonds is 3. The van der Waals surface area contributed by atoms with Gasteiger partial charge in [0.1, 0.15) is 5.76 Å². The van der Waals surface area contributed by atoms with Crippen molar-refractivity contribution in [2.75, 3.05) is 0 Å². The highest BCUT2D eigenvalue weighted by Crippen LogP contribution is 2.27. The Morgan fingerprint density at radius 1 is 1.31 bits per heavy atom. The molecule has 0 unspecified atom stereocenters. The first-order chi connectivity index (χ1) is 7.65. The molecule has 16 heavy (non-hydrogen) atoms. The molecule has 1 fully saturated rings. The number of nitrogens with two attached hydrogens (primary N) is 1. The van der Waals surface area contributed by atoms with E-state index in [4.69, 9.17) is 10.2 Å². The Morgan fingerprint density at radius 2 is 2.00 bits per heavy atom. The highest BCUT2D eigenvalue weighted by atomic mass is 79.9. The summed E-state index contributed by atoms with van der Waals surface area (Å²) in [5.74, 6) is 0.952. The number of furan rings is 1. The molecule has 0 saturated heterocycles. The Labute approximate surface area is 112 Å².